The zero-order valence-corrected chi connectivity index (χ0v) is 9.71. The SMILES string of the molecule is O=[C]=[Re](=[C]=O)=[C]=O.[Li+].c1cc[cH-]c1. The van der Waals surface area contributed by atoms with Crippen LogP contribution < -0.4 is 18.9 Å². The molecule has 63 valence electrons. The van der Waals surface area contributed by atoms with Crippen molar-refractivity contribution in [2.45, 2.75) is 0 Å². The third-order valence-electron chi connectivity index (χ3n) is 0.787. The van der Waals surface area contributed by atoms with Gasteiger partial charge in [0.2, 0.25) is 0 Å². The summed E-state index contributed by atoms with van der Waals surface area (Å²) in [5.74, 6) is 0. The predicted molar refractivity (Wildman–Crippen MR) is 39.1 cm³/mol. The van der Waals surface area contributed by atoms with Gasteiger partial charge in [-0.1, -0.05) is 0 Å². The summed E-state index contributed by atoms with van der Waals surface area (Å²) in [6.07, 6.45) is 0. The fraction of sp³-hybridized carbons (Fsp3) is 0. The maximum absolute atomic E-state index is 9.40. The van der Waals surface area contributed by atoms with Gasteiger partial charge in [0.05, 0.1) is 0 Å². The molecule has 1 aromatic carbocycles. The standard InChI is InChI=1S/C5H5.3CO.Li.Re/c1-2-4-5-3-1;3*1-2;;/h1-5H;;;;;/q-1;;;;+1;. The largest absolute Gasteiger partial charge is 1.00 e. The van der Waals surface area contributed by atoms with E-state index in [-0.39, 0.29) is 18.9 Å². The molecular formula is C8H5LiO3Re. The molecule has 0 saturated heterocycles. The second-order valence-corrected chi connectivity index (χ2v) is 5.18. The number of hydrogen-bond donors (Lipinski definition) is 0. The summed E-state index contributed by atoms with van der Waals surface area (Å²) in [4.78, 5) is 28.2. The van der Waals surface area contributed by atoms with Crippen LogP contribution in [0, 0.1) is 0 Å². The number of hydrogen-bond acceptors (Lipinski definition) is 3. The first-order chi connectivity index (χ1) is 5.85. The molecule has 13 heavy (non-hydrogen) atoms. The van der Waals surface area contributed by atoms with Crippen LogP contribution in [-0.2, 0) is 29.8 Å². The summed E-state index contributed by atoms with van der Waals surface area (Å²) in [7, 11) is 0. The smallest absolute Gasteiger partial charge is 0.214 e. The Kier molecular flexibility index (Phi) is 13.0. The van der Waals surface area contributed by atoms with E-state index in [0.29, 0.717) is 0 Å². The molecule has 1 rings (SSSR count). The molecular weight excluding hydrogens is 337 g/mol. The van der Waals surface area contributed by atoms with Crippen LogP contribution in [0.25, 0.3) is 0 Å². The van der Waals surface area contributed by atoms with E-state index in [0.717, 1.165) is 0 Å². The van der Waals surface area contributed by atoms with Gasteiger partial charge in [0, 0.05) is 0 Å². The minimum atomic E-state index is -2.97. The van der Waals surface area contributed by atoms with Gasteiger partial charge in [0.15, 0.2) is 0 Å². The van der Waals surface area contributed by atoms with E-state index in [2.05, 4.69) is 0 Å². The van der Waals surface area contributed by atoms with Crippen molar-refractivity contribution >= 4 is 13.1 Å². The Balaban J connectivity index is 0. The Bertz CT molecular complexity index is 351. The number of carbonyl (C=O) groups excluding carboxylic acids is 3. The molecule has 0 bridgehead atoms. The van der Waals surface area contributed by atoms with E-state index < -0.39 is 15.4 Å². The Hall–Kier alpha value is -0.650. The van der Waals surface area contributed by atoms with E-state index in [1.165, 1.54) is 13.1 Å². The molecule has 0 aromatic heterocycles. The Morgan fingerprint density at radius 2 is 1.31 bits per heavy atom. The molecule has 5 heteroatoms. The van der Waals surface area contributed by atoms with E-state index in [1.807, 2.05) is 30.3 Å². The Morgan fingerprint density at radius 3 is 1.38 bits per heavy atom. The van der Waals surface area contributed by atoms with E-state index in [4.69, 9.17) is 0 Å². The van der Waals surface area contributed by atoms with Crippen LogP contribution in [0.15, 0.2) is 30.3 Å². The van der Waals surface area contributed by atoms with Crippen molar-refractivity contribution in [1.82, 2.24) is 0 Å². The topological polar surface area (TPSA) is 51.2 Å². The first-order valence-corrected chi connectivity index (χ1v) is 6.92. The monoisotopic (exact) mass is 343 g/mol. The maximum Gasteiger partial charge on any atom is 1.00 e. The predicted octanol–water partition coefficient (Wildman–Crippen LogP) is -2.78. The summed E-state index contributed by atoms with van der Waals surface area (Å²) < 4.78 is 3.87. The number of rotatable bonds is 0. The van der Waals surface area contributed by atoms with Gasteiger partial charge < -0.3 is 0 Å². The molecule has 0 atom stereocenters. The second kappa shape index (κ2) is 11.3. The van der Waals surface area contributed by atoms with Crippen LogP contribution in [0.5, 0.6) is 0 Å². The molecule has 1 aromatic rings. The minimum Gasteiger partial charge on any atom is -0.214 e. The molecule has 0 saturated carbocycles. The zero-order chi connectivity index (χ0) is 9.23. The molecule has 0 aliphatic heterocycles. The van der Waals surface area contributed by atoms with Crippen molar-refractivity contribution in [3.05, 3.63) is 30.3 Å². The first kappa shape index (κ1) is 14.9. The van der Waals surface area contributed by atoms with Gasteiger partial charge in [-0.05, 0) is 0 Å². The van der Waals surface area contributed by atoms with Crippen LogP contribution in [-0.4, -0.2) is 13.1 Å². The normalized spacial score (nSPS) is 5.85. The molecule has 0 aliphatic rings. The van der Waals surface area contributed by atoms with E-state index in [1.54, 1.807) is 0 Å². The van der Waals surface area contributed by atoms with Crippen LogP contribution in [0.1, 0.15) is 0 Å². The third-order valence-corrected chi connectivity index (χ3v) is 2.45. The van der Waals surface area contributed by atoms with Gasteiger partial charge in [0.1, 0.15) is 0 Å². The summed E-state index contributed by atoms with van der Waals surface area (Å²) in [5, 5.41) is 0. The Morgan fingerprint density at radius 1 is 0.923 bits per heavy atom. The molecule has 3 nitrogen and oxygen atoms in total. The van der Waals surface area contributed by atoms with Crippen LogP contribution in [0.3, 0.4) is 0 Å². The van der Waals surface area contributed by atoms with E-state index >= 15 is 0 Å². The van der Waals surface area contributed by atoms with E-state index in [9.17, 15) is 14.4 Å². The summed E-state index contributed by atoms with van der Waals surface area (Å²) in [6.45, 7) is 0. The first-order valence-electron chi connectivity index (χ1n) is 2.85. The molecule has 0 heterocycles. The molecule has 0 amide bonds. The van der Waals surface area contributed by atoms with Crippen LogP contribution in [0.4, 0.5) is 0 Å². The average molecular weight is 342 g/mol. The Labute approximate surface area is 91.7 Å². The van der Waals surface area contributed by atoms with Gasteiger partial charge in [-0.25, -0.2) is 12.1 Å². The van der Waals surface area contributed by atoms with Crippen molar-refractivity contribution < 1.29 is 48.6 Å². The van der Waals surface area contributed by atoms with Crippen molar-refractivity contribution in [2.24, 2.45) is 0 Å². The zero-order valence-electron chi connectivity index (χ0n) is 6.99. The molecule has 0 unspecified atom stereocenters. The third kappa shape index (κ3) is 9.26. The molecule has 0 aliphatic carbocycles. The minimum absolute atomic E-state index is 0. The van der Waals surface area contributed by atoms with Gasteiger partial charge in [-0.3, -0.25) is 0 Å². The summed E-state index contributed by atoms with van der Waals surface area (Å²) in [6, 6.07) is 10.0. The average Bonchev–Trinajstić information content (AvgIpc) is 2.64. The van der Waals surface area contributed by atoms with Crippen molar-refractivity contribution in [1.29, 1.82) is 0 Å². The van der Waals surface area contributed by atoms with Gasteiger partial charge in [-0.2, -0.15) is 18.2 Å². The van der Waals surface area contributed by atoms with Gasteiger partial charge >= 0.3 is 61.7 Å². The van der Waals surface area contributed by atoms with Gasteiger partial charge in [-0.15, -0.1) is 0 Å². The maximum atomic E-state index is 9.40. The molecule has 0 N–H and O–H groups in total. The van der Waals surface area contributed by atoms with Crippen molar-refractivity contribution in [3.63, 3.8) is 0 Å². The molecule has 0 spiro atoms. The van der Waals surface area contributed by atoms with Gasteiger partial charge in [0.25, 0.3) is 0 Å². The summed E-state index contributed by atoms with van der Waals surface area (Å²) >= 11 is -2.97. The molecule has 0 fully saturated rings. The van der Waals surface area contributed by atoms with Crippen LogP contribution in [0.2, 0.25) is 0 Å². The quantitative estimate of drug-likeness (QED) is 0.379. The fourth-order valence-electron chi connectivity index (χ4n) is 0.368. The molecule has 0 radical (unpaired) electrons. The summed E-state index contributed by atoms with van der Waals surface area (Å²) in [5.41, 5.74) is 0. The second-order valence-electron chi connectivity index (χ2n) is 1.48. The van der Waals surface area contributed by atoms with Crippen LogP contribution >= 0.6 is 0 Å². The van der Waals surface area contributed by atoms with Crippen molar-refractivity contribution in [2.75, 3.05) is 0 Å². The fourth-order valence-corrected chi connectivity index (χ4v) is 0.707. The van der Waals surface area contributed by atoms with Crippen molar-refractivity contribution in [3.8, 4) is 0 Å².